The van der Waals surface area contributed by atoms with Crippen LogP contribution in [0.15, 0.2) is 60.0 Å². The lowest BCUT2D eigenvalue weighted by molar-refractivity contribution is -0.121. The van der Waals surface area contributed by atoms with E-state index in [1.807, 2.05) is 18.2 Å². The molecule has 1 amide bonds. The van der Waals surface area contributed by atoms with Crippen LogP contribution in [0.3, 0.4) is 0 Å². The Morgan fingerprint density at radius 1 is 1.09 bits per heavy atom. The van der Waals surface area contributed by atoms with Crippen molar-refractivity contribution in [2.45, 2.75) is 12.5 Å². The summed E-state index contributed by atoms with van der Waals surface area (Å²) in [5.41, 5.74) is 1.67. The molecule has 0 radical (unpaired) electrons. The number of morpholine rings is 1. The van der Waals surface area contributed by atoms with Crippen molar-refractivity contribution in [2.24, 2.45) is 0 Å². The van der Waals surface area contributed by atoms with Crippen LogP contribution in [0.25, 0.3) is 6.08 Å². The van der Waals surface area contributed by atoms with Gasteiger partial charge in [0, 0.05) is 38.0 Å². The highest BCUT2D eigenvalue weighted by Gasteiger charge is 2.23. The van der Waals surface area contributed by atoms with Gasteiger partial charge in [-0.15, -0.1) is 0 Å². The molecule has 0 aromatic heterocycles. The van der Waals surface area contributed by atoms with Crippen molar-refractivity contribution < 1.29 is 22.3 Å². The van der Waals surface area contributed by atoms with Gasteiger partial charge in [-0.05, 0) is 29.3 Å². The number of ether oxygens (including phenoxy) is 1. The molecule has 0 bridgehead atoms. The maximum absolute atomic E-state index is 13.3. The van der Waals surface area contributed by atoms with E-state index in [0.717, 1.165) is 16.5 Å². The van der Waals surface area contributed by atoms with Gasteiger partial charge in [-0.1, -0.05) is 42.5 Å². The summed E-state index contributed by atoms with van der Waals surface area (Å²) in [6, 6.07) is 15.2. The van der Waals surface area contributed by atoms with E-state index in [-0.39, 0.29) is 30.7 Å². The number of hydrogen-bond donors (Lipinski definition) is 2. The highest BCUT2D eigenvalue weighted by Crippen LogP contribution is 2.21. The van der Waals surface area contributed by atoms with Crippen molar-refractivity contribution >= 4 is 22.0 Å². The molecule has 1 aliphatic rings. The molecule has 1 atom stereocenters. The van der Waals surface area contributed by atoms with Crippen LogP contribution < -0.4 is 10.0 Å². The van der Waals surface area contributed by atoms with Crippen LogP contribution in [0.1, 0.15) is 23.6 Å². The van der Waals surface area contributed by atoms with Gasteiger partial charge in [0.25, 0.3) is 0 Å². The molecule has 2 N–H and O–H groups in total. The van der Waals surface area contributed by atoms with Gasteiger partial charge < -0.3 is 10.1 Å². The highest BCUT2D eigenvalue weighted by molar-refractivity contribution is 7.92. The third-order valence-electron chi connectivity index (χ3n) is 5.13. The van der Waals surface area contributed by atoms with Crippen molar-refractivity contribution in [3.8, 4) is 0 Å². The van der Waals surface area contributed by atoms with Gasteiger partial charge in [0.05, 0.1) is 19.3 Å². The lowest BCUT2D eigenvalue weighted by Gasteiger charge is -2.35. The molecule has 7 nitrogen and oxygen atoms in total. The zero-order valence-corrected chi connectivity index (χ0v) is 18.6. The van der Waals surface area contributed by atoms with Crippen LogP contribution in [-0.2, 0) is 19.6 Å². The van der Waals surface area contributed by atoms with Crippen molar-refractivity contribution in [2.75, 3.05) is 39.4 Å². The Morgan fingerprint density at radius 3 is 2.47 bits per heavy atom. The smallest absolute Gasteiger partial charge is 0.233 e. The van der Waals surface area contributed by atoms with Gasteiger partial charge in [-0.2, -0.15) is 0 Å². The molecule has 1 saturated heterocycles. The molecule has 1 fully saturated rings. The zero-order chi connectivity index (χ0) is 22.8. The Balaban J connectivity index is 1.49. The molecule has 0 saturated carbocycles. The average molecular weight is 462 g/mol. The molecular weight excluding hydrogens is 433 g/mol. The summed E-state index contributed by atoms with van der Waals surface area (Å²) >= 11 is 0. The van der Waals surface area contributed by atoms with Crippen LogP contribution in [-0.4, -0.2) is 58.6 Å². The molecule has 1 heterocycles. The largest absolute Gasteiger partial charge is 0.379 e. The first-order valence-corrected chi connectivity index (χ1v) is 12.0. The molecule has 32 heavy (non-hydrogen) atoms. The summed E-state index contributed by atoms with van der Waals surface area (Å²) in [5, 5.41) is 3.96. The zero-order valence-electron chi connectivity index (χ0n) is 17.7. The number of hydrogen-bond acceptors (Lipinski definition) is 5. The Morgan fingerprint density at radius 2 is 1.78 bits per heavy atom. The molecule has 2 aromatic rings. The van der Waals surface area contributed by atoms with Gasteiger partial charge in [0.15, 0.2) is 0 Å². The van der Waals surface area contributed by atoms with Crippen molar-refractivity contribution in [3.05, 3.63) is 76.9 Å². The van der Waals surface area contributed by atoms with Crippen molar-refractivity contribution in [3.63, 3.8) is 0 Å². The number of amides is 1. The second-order valence-corrected chi connectivity index (χ2v) is 9.07. The van der Waals surface area contributed by atoms with Gasteiger partial charge in [0.2, 0.25) is 15.9 Å². The fourth-order valence-corrected chi connectivity index (χ4v) is 4.24. The van der Waals surface area contributed by atoms with E-state index in [2.05, 4.69) is 14.9 Å². The average Bonchev–Trinajstić information content (AvgIpc) is 2.80. The second-order valence-electron chi connectivity index (χ2n) is 7.42. The van der Waals surface area contributed by atoms with Crippen LogP contribution in [0.4, 0.5) is 4.39 Å². The molecule has 172 valence electrons. The minimum Gasteiger partial charge on any atom is -0.379 e. The van der Waals surface area contributed by atoms with Gasteiger partial charge in [0.1, 0.15) is 5.82 Å². The third kappa shape index (κ3) is 7.83. The summed E-state index contributed by atoms with van der Waals surface area (Å²) in [5.74, 6) is -0.577. The number of rotatable bonds is 10. The Kier molecular flexibility index (Phi) is 8.92. The molecule has 2 aromatic carbocycles. The third-order valence-corrected chi connectivity index (χ3v) is 6.23. The Hall–Kier alpha value is -2.59. The molecule has 0 aliphatic carbocycles. The molecule has 0 spiro atoms. The van der Waals surface area contributed by atoms with Crippen molar-refractivity contribution in [1.82, 2.24) is 14.9 Å². The summed E-state index contributed by atoms with van der Waals surface area (Å²) in [6.45, 7) is 2.96. The number of sulfonamides is 1. The lowest BCUT2D eigenvalue weighted by atomic mass is 10.0. The van der Waals surface area contributed by atoms with Gasteiger partial charge in [-0.3, -0.25) is 9.69 Å². The van der Waals surface area contributed by atoms with E-state index in [0.29, 0.717) is 32.8 Å². The number of benzene rings is 2. The number of nitrogens with one attached hydrogen (secondary N) is 2. The molecular formula is C23H28FN3O4S. The highest BCUT2D eigenvalue weighted by atomic mass is 32.2. The van der Waals surface area contributed by atoms with E-state index in [4.69, 9.17) is 4.74 Å². The topological polar surface area (TPSA) is 87.7 Å². The maximum Gasteiger partial charge on any atom is 0.233 e. The van der Waals surface area contributed by atoms with E-state index >= 15 is 0 Å². The summed E-state index contributed by atoms with van der Waals surface area (Å²) in [7, 11) is -3.64. The SMILES string of the molecule is O=C(CCNS(=O)(=O)/C=C/c1ccccc1)NCC(c1ccc(F)cc1)N1CCOCC1. The normalized spacial score (nSPS) is 16.2. The van der Waals surface area contributed by atoms with Crippen LogP contribution in [0.5, 0.6) is 0 Å². The standard InChI is InChI=1S/C23H28FN3O4S/c24-21-8-6-20(7-9-21)22(27-13-15-31-16-14-27)18-25-23(28)10-12-26-32(29,30)17-11-19-4-2-1-3-5-19/h1-9,11,17,22,26H,10,12-16,18H2,(H,25,28)/b17-11+. The predicted molar refractivity (Wildman–Crippen MR) is 122 cm³/mol. The number of nitrogens with zero attached hydrogens (tertiary/aromatic N) is 1. The molecule has 1 aliphatic heterocycles. The first-order valence-electron chi connectivity index (χ1n) is 10.5. The maximum atomic E-state index is 13.3. The fraction of sp³-hybridized carbons (Fsp3) is 0.348. The van der Waals surface area contributed by atoms with E-state index < -0.39 is 10.0 Å². The minimum atomic E-state index is -3.64. The summed E-state index contributed by atoms with van der Waals surface area (Å²) in [4.78, 5) is 14.5. The minimum absolute atomic E-state index is 0.00787. The Labute approximate surface area is 188 Å². The lowest BCUT2D eigenvalue weighted by Crippen LogP contribution is -2.44. The Bertz CT molecular complexity index is 992. The van der Waals surface area contributed by atoms with Crippen molar-refractivity contribution in [1.29, 1.82) is 0 Å². The molecule has 9 heteroatoms. The van der Waals surface area contributed by atoms with Gasteiger partial charge in [-0.25, -0.2) is 17.5 Å². The number of carbonyl (C=O) groups is 1. The quantitative estimate of drug-likeness (QED) is 0.567. The van der Waals surface area contributed by atoms with E-state index in [1.54, 1.807) is 24.3 Å². The summed E-state index contributed by atoms with van der Waals surface area (Å²) < 4.78 is 45.3. The number of halogens is 1. The molecule has 1 unspecified atom stereocenters. The predicted octanol–water partition coefficient (Wildman–Crippen LogP) is 2.30. The van der Waals surface area contributed by atoms with E-state index in [1.165, 1.54) is 18.2 Å². The van der Waals surface area contributed by atoms with Crippen LogP contribution in [0.2, 0.25) is 0 Å². The monoisotopic (exact) mass is 461 g/mol. The van der Waals surface area contributed by atoms with Crippen LogP contribution in [0, 0.1) is 5.82 Å². The number of carbonyl (C=O) groups excluding carboxylic acids is 1. The van der Waals surface area contributed by atoms with E-state index in [9.17, 15) is 17.6 Å². The first kappa shape index (κ1) is 24.1. The van der Waals surface area contributed by atoms with Crippen LogP contribution >= 0.6 is 0 Å². The molecule has 3 rings (SSSR count). The summed E-state index contributed by atoms with van der Waals surface area (Å²) in [6.07, 6.45) is 1.51. The second kappa shape index (κ2) is 11.9. The fourth-order valence-electron chi connectivity index (χ4n) is 3.42. The van der Waals surface area contributed by atoms with Gasteiger partial charge >= 0.3 is 0 Å². The first-order chi connectivity index (χ1) is 15.4.